The van der Waals surface area contributed by atoms with Gasteiger partial charge in [0, 0.05) is 25.6 Å². The summed E-state index contributed by atoms with van der Waals surface area (Å²) >= 11 is 0. The Morgan fingerprint density at radius 3 is 3.18 bits per heavy atom. The lowest BCUT2D eigenvalue weighted by molar-refractivity contribution is 0.747. The fraction of sp³-hybridized carbons (Fsp3) is 0.182. The van der Waals surface area contributed by atoms with E-state index in [9.17, 15) is 0 Å². The molecule has 0 bridgehead atoms. The van der Waals surface area contributed by atoms with Gasteiger partial charge >= 0.3 is 0 Å². The fourth-order valence-electron chi connectivity index (χ4n) is 1.74. The number of rotatable bonds is 3. The van der Waals surface area contributed by atoms with Gasteiger partial charge < -0.3 is 5.32 Å². The van der Waals surface area contributed by atoms with Crippen molar-refractivity contribution in [2.24, 2.45) is 7.05 Å². The van der Waals surface area contributed by atoms with Crippen LogP contribution in [-0.2, 0) is 13.6 Å². The molecule has 86 valence electrons. The van der Waals surface area contributed by atoms with E-state index in [4.69, 9.17) is 0 Å². The molecule has 3 aromatic rings. The van der Waals surface area contributed by atoms with E-state index < -0.39 is 0 Å². The topological polar surface area (TPSA) is 71.4 Å². The van der Waals surface area contributed by atoms with Crippen molar-refractivity contribution in [2.45, 2.75) is 6.54 Å². The van der Waals surface area contributed by atoms with Crippen molar-refractivity contribution in [1.29, 1.82) is 0 Å². The summed E-state index contributed by atoms with van der Waals surface area (Å²) in [7, 11) is 1.90. The molecule has 0 aliphatic rings. The first-order valence-corrected chi connectivity index (χ1v) is 5.34. The van der Waals surface area contributed by atoms with E-state index in [0.29, 0.717) is 6.54 Å². The first kappa shape index (κ1) is 9.83. The van der Waals surface area contributed by atoms with Crippen molar-refractivity contribution in [2.75, 3.05) is 5.32 Å². The molecule has 6 heteroatoms. The number of fused-ring (bicyclic) bond motifs is 1. The third kappa shape index (κ3) is 1.84. The first-order valence-electron chi connectivity index (χ1n) is 5.34. The van der Waals surface area contributed by atoms with E-state index in [1.165, 1.54) is 0 Å². The van der Waals surface area contributed by atoms with E-state index in [0.717, 1.165) is 22.4 Å². The summed E-state index contributed by atoms with van der Waals surface area (Å²) in [5.74, 6) is 0. The maximum absolute atomic E-state index is 4.30. The van der Waals surface area contributed by atoms with Crippen molar-refractivity contribution in [3.8, 4) is 0 Å². The molecule has 6 nitrogen and oxygen atoms in total. The van der Waals surface area contributed by atoms with Crippen molar-refractivity contribution in [3.63, 3.8) is 0 Å². The molecule has 0 unspecified atom stereocenters. The largest absolute Gasteiger partial charge is 0.377 e. The van der Waals surface area contributed by atoms with Gasteiger partial charge in [0.1, 0.15) is 11.0 Å². The number of aromatic nitrogens is 5. The Balaban J connectivity index is 1.83. The van der Waals surface area contributed by atoms with Crippen LogP contribution >= 0.6 is 0 Å². The molecule has 0 spiro atoms. The highest BCUT2D eigenvalue weighted by atomic mass is 15.3. The standard InChI is InChI=1S/C11H12N6/c1-17-5-3-8(16-17)6-13-9-2-4-12-10-7-14-15-11(9)10/h2-5,7H,6H2,1H3,(H,12,13)(H,14,15). The molecule has 0 fully saturated rings. The maximum atomic E-state index is 4.30. The van der Waals surface area contributed by atoms with Gasteiger partial charge in [-0.25, -0.2) is 0 Å². The number of nitrogens with one attached hydrogen (secondary N) is 2. The zero-order valence-corrected chi connectivity index (χ0v) is 9.38. The van der Waals surface area contributed by atoms with Gasteiger partial charge in [-0.1, -0.05) is 0 Å². The second kappa shape index (κ2) is 3.89. The Hall–Kier alpha value is -2.37. The highest BCUT2D eigenvalue weighted by molar-refractivity contribution is 5.86. The summed E-state index contributed by atoms with van der Waals surface area (Å²) in [5.41, 5.74) is 3.66. The summed E-state index contributed by atoms with van der Waals surface area (Å²) in [6.45, 7) is 0.673. The van der Waals surface area contributed by atoms with E-state index in [2.05, 4.69) is 25.6 Å². The van der Waals surface area contributed by atoms with Crippen LogP contribution in [0.1, 0.15) is 5.69 Å². The van der Waals surface area contributed by atoms with Gasteiger partial charge in [-0.3, -0.25) is 14.8 Å². The highest BCUT2D eigenvalue weighted by Crippen LogP contribution is 2.18. The molecule has 0 atom stereocenters. The third-order valence-electron chi connectivity index (χ3n) is 2.56. The monoisotopic (exact) mass is 228 g/mol. The van der Waals surface area contributed by atoms with E-state index in [-0.39, 0.29) is 0 Å². The van der Waals surface area contributed by atoms with E-state index in [1.807, 2.05) is 25.4 Å². The quantitative estimate of drug-likeness (QED) is 0.709. The van der Waals surface area contributed by atoms with Gasteiger partial charge in [-0.15, -0.1) is 0 Å². The van der Waals surface area contributed by atoms with Crippen LogP contribution < -0.4 is 5.32 Å². The number of aryl methyl sites for hydroxylation is 1. The van der Waals surface area contributed by atoms with Gasteiger partial charge in [0.15, 0.2) is 0 Å². The molecule has 0 aromatic carbocycles. The molecule has 17 heavy (non-hydrogen) atoms. The first-order chi connectivity index (χ1) is 8.33. The summed E-state index contributed by atoms with van der Waals surface area (Å²) < 4.78 is 1.79. The number of H-pyrrole nitrogens is 1. The second-order valence-corrected chi connectivity index (χ2v) is 3.81. The van der Waals surface area contributed by atoms with Crippen molar-refractivity contribution in [3.05, 3.63) is 36.4 Å². The van der Waals surface area contributed by atoms with Gasteiger partial charge in [-0.2, -0.15) is 10.2 Å². The average Bonchev–Trinajstić information content (AvgIpc) is 2.94. The normalized spacial score (nSPS) is 10.9. The molecule has 3 rings (SSSR count). The number of aromatic amines is 1. The van der Waals surface area contributed by atoms with Crippen LogP contribution in [0.25, 0.3) is 11.0 Å². The number of hydrogen-bond donors (Lipinski definition) is 2. The average molecular weight is 228 g/mol. The minimum Gasteiger partial charge on any atom is -0.377 e. The van der Waals surface area contributed by atoms with Crippen molar-refractivity contribution in [1.82, 2.24) is 25.0 Å². The third-order valence-corrected chi connectivity index (χ3v) is 2.56. The molecule has 0 saturated heterocycles. The molecule has 0 saturated carbocycles. The summed E-state index contributed by atoms with van der Waals surface area (Å²) in [6.07, 6.45) is 5.47. The predicted octanol–water partition coefficient (Wildman–Crippen LogP) is 1.30. The lowest BCUT2D eigenvalue weighted by Crippen LogP contribution is -2.01. The minimum atomic E-state index is 0.673. The summed E-state index contributed by atoms with van der Waals surface area (Å²) in [5, 5.41) is 14.6. The molecule has 0 radical (unpaired) electrons. The highest BCUT2D eigenvalue weighted by Gasteiger charge is 2.04. The van der Waals surface area contributed by atoms with Gasteiger partial charge in [0.2, 0.25) is 0 Å². The lowest BCUT2D eigenvalue weighted by atomic mass is 10.3. The molecule has 3 aromatic heterocycles. The number of hydrogen-bond acceptors (Lipinski definition) is 4. The van der Waals surface area contributed by atoms with Crippen LogP contribution in [0, 0.1) is 0 Å². The van der Waals surface area contributed by atoms with E-state index in [1.54, 1.807) is 17.1 Å². The SMILES string of the molecule is Cn1ccc(CNc2ccnc3c[nH]nc23)n1. The fourth-order valence-corrected chi connectivity index (χ4v) is 1.74. The molecule has 0 aliphatic heterocycles. The van der Waals surface area contributed by atoms with Crippen LogP contribution in [0.2, 0.25) is 0 Å². The molecule has 3 heterocycles. The summed E-state index contributed by atoms with van der Waals surface area (Å²) in [6, 6.07) is 3.89. The summed E-state index contributed by atoms with van der Waals surface area (Å²) in [4.78, 5) is 4.21. The number of nitrogens with zero attached hydrogens (tertiary/aromatic N) is 4. The lowest BCUT2D eigenvalue weighted by Gasteiger charge is -2.04. The molecule has 0 amide bonds. The maximum Gasteiger partial charge on any atom is 0.134 e. The number of anilines is 1. The Morgan fingerprint density at radius 2 is 2.35 bits per heavy atom. The van der Waals surface area contributed by atoms with Crippen LogP contribution in [0.5, 0.6) is 0 Å². The van der Waals surface area contributed by atoms with Gasteiger partial charge in [0.05, 0.1) is 17.9 Å². The smallest absolute Gasteiger partial charge is 0.134 e. The predicted molar refractivity (Wildman–Crippen MR) is 64.4 cm³/mol. The number of pyridine rings is 1. The zero-order chi connectivity index (χ0) is 11.7. The molecule has 2 N–H and O–H groups in total. The Labute approximate surface area is 97.7 Å². The van der Waals surface area contributed by atoms with E-state index >= 15 is 0 Å². The zero-order valence-electron chi connectivity index (χ0n) is 9.38. The molecule has 0 aliphatic carbocycles. The minimum absolute atomic E-state index is 0.673. The van der Waals surface area contributed by atoms with Gasteiger partial charge in [-0.05, 0) is 12.1 Å². The van der Waals surface area contributed by atoms with Crippen LogP contribution in [0.3, 0.4) is 0 Å². The van der Waals surface area contributed by atoms with Crippen molar-refractivity contribution >= 4 is 16.7 Å². The van der Waals surface area contributed by atoms with Crippen LogP contribution in [-0.4, -0.2) is 25.0 Å². The molecular formula is C11H12N6. The second-order valence-electron chi connectivity index (χ2n) is 3.81. The Morgan fingerprint density at radius 1 is 1.41 bits per heavy atom. The van der Waals surface area contributed by atoms with Crippen LogP contribution in [0.4, 0.5) is 5.69 Å². The van der Waals surface area contributed by atoms with Crippen LogP contribution in [0.15, 0.2) is 30.7 Å². The van der Waals surface area contributed by atoms with Gasteiger partial charge in [0.25, 0.3) is 0 Å². The Bertz CT molecular complexity index is 638. The Kier molecular flexibility index (Phi) is 2.25. The van der Waals surface area contributed by atoms with Crippen molar-refractivity contribution < 1.29 is 0 Å². The molecular weight excluding hydrogens is 216 g/mol.